The maximum atomic E-state index is 14.8. The predicted octanol–water partition coefficient (Wildman–Crippen LogP) is 6.27. The van der Waals surface area contributed by atoms with Gasteiger partial charge in [0.05, 0.1) is 30.8 Å². The van der Waals surface area contributed by atoms with Crippen LogP contribution in [-0.4, -0.2) is 119 Å². The molecule has 0 unspecified atom stereocenters. The second-order valence-corrected chi connectivity index (χ2v) is 17.2. The Morgan fingerprint density at radius 1 is 0.833 bits per heavy atom. The third-order valence-electron chi connectivity index (χ3n) is 13.7. The summed E-state index contributed by atoms with van der Waals surface area (Å²) in [5.41, 5.74) is 2.08. The van der Waals surface area contributed by atoms with Gasteiger partial charge in [-0.05, 0) is 122 Å². The van der Waals surface area contributed by atoms with E-state index in [1.54, 1.807) is 14.2 Å². The van der Waals surface area contributed by atoms with Crippen molar-refractivity contribution < 1.29 is 47.5 Å². The third-order valence-corrected chi connectivity index (χ3v) is 13.7. The first kappa shape index (κ1) is 41.9. The van der Waals surface area contributed by atoms with Gasteiger partial charge >= 0.3 is 5.97 Å². The number of ketones is 1. The van der Waals surface area contributed by atoms with Crippen LogP contribution in [0.4, 0.5) is 0 Å². The van der Waals surface area contributed by atoms with Gasteiger partial charge in [-0.2, -0.15) is 0 Å². The Morgan fingerprint density at radius 3 is 2.26 bits per heavy atom. The first-order valence-electron chi connectivity index (χ1n) is 21.0. The van der Waals surface area contributed by atoms with Crippen LogP contribution in [0.3, 0.4) is 0 Å². The van der Waals surface area contributed by atoms with Crippen LogP contribution in [0.2, 0.25) is 0 Å². The number of cyclic esters (lactones) is 1. The highest BCUT2D eigenvalue weighted by Gasteiger charge is 2.54. The molecule has 4 fully saturated rings. The molecule has 0 bridgehead atoms. The summed E-state index contributed by atoms with van der Waals surface area (Å²) in [4.78, 5) is 30.6. The molecule has 3 heterocycles. The molecule has 54 heavy (non-hydrogen) atoms. The largest absolute Gasteiger partial charge is 0.462 e. The summed E-state index contributed by atoms with van der Waals surface area (Å²) in [6, 6.07) is 0.337. The lowest BCUT2D eigenvalue weighted by Crippen LogP contribution is -2.60. The van der Waals surface area contributed by atoms with Gasteiger partial charge in [0.25, 0.3) is 0 Å². The molecule has 1 saturated carbocycles. The van der Waals surface area contributed by atoms with Crippen molar-refractivity contribution >= 4 is 11.8 Å². The molecule has 6 rings (SSSR count). The van der Waals surface area contributed by atoms with Gasteiger partial charge in [0.15, 0.2) is 18.4 Å². The van der Waals surface area contributed by atoms with Crippen molar-refractivity contribution in [2.45, 2.75) is 167 Å². The predicted molar refractivity (Wildman–Crippen MR) is 203 cm³/mol. The lowest BCUT2D eigenvalue weighted by atomic mass is 9.67. The summed E-state index contributed by atoms with van der Waals surface area (Å²) in [6.45, 7) is 12.9. The molecule has 6 aliphatic rings. The number of hydrogen-bond acceptors (Lipinski definition) is 11. The van der Waals surface area contributed by atoms with Crippen LogP contribution in [0, 0.1) is 35.5 Å². The molecule has 3 aliphatic carbocycles. The number of fused-ring (bicyclic) bond motifs is 5. The van der Waals surface area contributed by atoms with Crippen LogP contribution in [0.5, 0.6) is 0 Å². The van der Waals surface area contributed by atoms with Gasteiger partial charge in [0, 0.05) is 38.7 Å². The highest BCUT2D eigenvalue weighted by Crippen LogP contribution is 2.56. The molecule has 0 amide bonds. The zero-order valence-electron chi connectivity index (χ0n) is 34.6. The van der Waals surface area contributed by atoms with Crippen LogP contribution >= 0.6 is 0 Å². The van der Waals surface area contributed by atoms with E-state index in [4.69, 9.17) is 37.9 Å². The Bertz CT molecular complexity index is 1350. The smallest absolute Gasteiger partial charge is 0.306 e. The van der Waals surface area contributed by atoms with E-state index < -0.39 is 12.4 Å². The van der Waals surface area contributed by atoms with E-state index in [0.717, 1.165) is 50.5 Å². The molecule has 0 N–H and O–H groups in total. The Morgan fingerprint density at radius 2 is 1.59 bits per heavy atom. The van der Waals surface area contributed by atoms with Crippen molar-refractivity contribution in [3.05, 3.63) is 23.3 Å². The molecule has 11 heteroatoms. The van der Waals surface area contributed by atoms with Crippen LogP contribution in [0.1, 0.15) is 99.3 Å². The van der Waals surface area contributed by atoms with Gasteiger partial charge in [-0.1, -0.05) is 31.6 Å². The summed E-state index contributed by atoms with van der Waals surface area (Å²) < 4.78 is 50.3. The lowest BCUT2D eigenvalue weighted by molar-refractivity contribution is -0.317. The number of allylic oxidation sites excluding steroid dienone is 4. The molecule has 3 saturated heterocycles. The molecule has 306 valence electrons. The summed E-state index contributed by atoms with van der Waals surface area (Å²) in [6.07, 6.45) is 8.61. The van der Waals surface area contributed by atoms with Gasteiger partial charge < -0.3 is 42.8 Å². The first-order chi connectivity index (χ1) is 25.9. The fraction of sp³-hybridized carbons (Fsp3) is 0.860. The van der Waals surface area contributed by atoms with Crippen molar-refractivity contribution in [1.82, 2.24) is 4.90 Å². The number of carbonyl (C=O) groups is 2. The van der Waals surface area contributed by atoms with Crippen LogP contribution in [-0.2, 0) is 47.5 Å². The molecule has 11 nitrogen and oxygen atoms in total. The third kappa shape index (κ3) is 8.74. The molecule has 17 atom stereocenters. The molecule has 0 aromatic carbocycles. The van der Waals surface area contributed by atoms with E-state index in [0.29, 0.717) is 25.0 Å². The van der Waals surface area contributed by atoms with Crippen LogP contribution < -0.4 is 0 Å². The van der Waals surface area contributed by atoms with E-state index in [9.17, 15) is 9.59 Å². The number of esters is 1. The minimum atomic E-state index is -0.597. The first-order valence-corrected chi connectivity index (χ1v) is 21.0. The molecular formula is C43H69NO10. The second kappa shape index (κ2) is 18.3. The van der Waals surface area contributed by atoms with E-state index in [1.807, 2.05) is 20.8 Å². The summed E-state index contributed by atoms with van der Waals surface area (Å²) in [5, 5.41) is 0. The second-order valence-electron chi connectivity index (χ2n) is 17.2. The maximum absolute atomic E-state index is 14.8. The average Bonchev–Trinajstić information content (AvgIpc) is 3.71. The topological polar surface area (TPSA) is 111 Å². The van der Waals surface area contributed by atoms with E-state index >= 15 is 0 Å². The van der Waals surface area contributed by atoms with Gasteiger partial charge in [0.1, 0.15) is 24.4 Å². The van der Waals surface area contributed by atoms with Crippen molar-refractivity contribution in [1.29, 1.82) is 0 Å². The summed E-state index contributed by atoms with van der Waals surface area (Å²) in [7, 11) is 7.53. The normalized spacial score (nSPS) is 44.7. The van der Waals surface area contributed by atoms with Gasteiger partial charge in [0.2, 0.25) is 0 Å². The summed E-state index contributed by atoms with van der Waals surface area (Å²) >= 11 is 0. The number of ether oxygens (including phenoxy) is 8. The Labute approximate surface area is 324 Å². The monoisotopic (exact) mass is 759 g/mol. The lowest BCUT2D eigenvalue weighted by Gasteiger charge is -2.44. The van der Waals surface area contributed by atoms with Crippen molar-refractivity contribution in [2.75, 3.05) is 34.9 Å². The van der Waals surface area contributed by atoms with Crippen molar-refractivity contribution in [3.63, 3.8) is 0 Å². The fourth-order valence-corrected chi connectivity index (χ4v) is 10.9. The Kier molecular flexibility index (Phi) is 14.2. The number of Topliss-reactive ketones (excluding diaryl/α,β-unsaturated/α-hetero) is 1. The maximum Gasteiger partial charge on any atom is 0.306 e. The zero-order chi connectivity index (χ0) is 38.8. The molecule has 0 radical (unpaired) electrons. The molecule has 0 spiro atoms. The van der Waals surface area contributed by atoms with Crippen LogP contribution in [0.25, 0.3) is 0 Å². The highest BCUT2D eigenvalue weighted by molar-refractivity contribution is 5.99. The minimum Gasteiger partial charge on any atom is -0.462 e. The van der Waals surface area contributed by atoms with Crippen molar-refractivity contribution in [3.8, 4) is 0 Å². The number of likely N-dealkylation sites (N-methyl/N-ethyl adjacent to an activating group) is 1. The molecule has 0 aromatic heterocycles. The standard InChI is InChI=1S/C43H69NO10/c1-11-27-14-13-15-36(54-38-17-16-35(44(7)8)25(5)50-38)24(4)39(46)34-21-32-30(33(34)22-37(45)52-27)18-23(3)29-19-28(20-31(29)32)53-43-42(48-10)41(49-12-2)40(47-9)26(6)51-43/h18,21,24-33,35-36,38,40-43H,11-17,19-20,22H2,1-10H3/t24-,25-,26+,27+,28+,29-,30+,31+,32-,33+,35+,36+,38+,40+,41-,42-,43+/m1/s1. The zero-order valence-corrected chi connectivity index (χ0v) is 34.6. The Balaban J connectivity index is 1.23. The van der Waals surface area contributed by atoms with Gasteiger partial charge in [-0.25, -0.2) is 0 Å². The number of rotatable bonds is 10. The SMILES string of the molecule is CCO[C@@H]1[C@@H](OC)[C@H](C)O[C@@H](O[C@@H]2C[C@@H]3[C@@H]4C=C5C(=O)[C@H](C)[C@@H](O[C@H]6CC[C@H](N(C)C)[C@@H](C)O6)CCC[C@H](CC)OC(=O)C[C@H]5[C@H]4C=C(C)[C@H]3C2)[C@@H]1OC. The van der Waals surface area contributed by atoms with E-state index in [2.05, 4.69) is 51.9 Å². The molecule has 3 aliphatic heterocycles. The minimum absolute atomic E-state index is 0.0361. The molecule has 0 aromatic rings. The average molecular weight is 760 g/mol. The van der Waals surface area contributed by atoms with E-state index in [-0.39, 0.29) is 96.8 Å². The number of hydrogen-bond donors (Lipinski definition) is 0. The number of methoxy groups -OCH3 is 2. The highest BCUT2D eigenvalue weighted by atomic mass is 16.7. The molecular weight excluding hydrogens is 690 g/mol. The fourth-order valence-electron chi connectivity index (χ4n) is 10.9. The van der Waals surface area contributed by atoms with Crippen LogP contribution in [0.15, 0.2) is 23.3 Å². The summed E-state index contributed by atoms with van der Waals surface area (Å²) in [5.74, 6) is 0.00892. The number of carbonyl (C=O) groups excluding carboxylic acids is 2. The quantitative estimate of drug-likeness (QED) is 0.186. The Hall–Kier alpha value is -1.70. The number of nitrogens with zero attached hydrogens (tertiary/aromatic N) is 1. The van der Waals surface area contributed by atoms with Crippen molar-refractivity contribution in [2.24, 2.45) is 35.5 Å². The van der Waals surface area contributed by atoms with Gasteiger partial charge in [-0.15, -0.1) is 0 Å². The van der Waals surface area contributed by atoms with E-state index in [1.165, 1.54) is 5.57 Å². The van der Waals surface area contributed by atoms with Gasteiger partial charge in [-0.3, -0.25) is 9.59 Å².